The van der Waals surface area contributed by atoms with Crippen LogP contribution in [0.2, 0.25) is 0 Å². The van der Waals surface area contributed by atoms with Crippen molar-refractivity contribution in [2.24, 2.45) is 0 Å². The Morgan fingerprint density at radius 2 is 2.28 bits per heavy atom. The number of furan rings is 1. The molecule has 3 rings (SSSR count). The summed E-state index contributed by atoms with van der Waals surface area (Å²) in [4.78, 5) is 0. The fraction of sp³-hybridized carbons (Fsp3) is 0.375. The molecular formula is C16H19NO. The molecule has 0 radical (unpaired) electrons. The van der Waals surface area contributed by atoms with Crippen LogP contribution in [0.3, 0.4) is 0 Å². The van der Waals surface area contributed by atoms with Crippen LogP contribution in [0, 0.1) is 0 Å². The van der Waals surface area contributed by atoms with Crippen molar-refractivity contribution in [3.63, 3.8) is 0 Å². The first-order chi connectivity index (χ1) is 8.86. The number of rotatable bonds is 3. The SMILES string of the molecule is CCc1cccc(NC2CCCc3occc32)c1. The average molecular weight is 241 g/mol. The molecule has 0 fully saturated rings. The zero-order chi connectivity index (χ0) is 12.4. The van der Waals surface area contributed by atoms with Gasteiger partial charge in [0.2, 0.25) is 0 Å². The zero-order valence-electron chi connectivity index (χ0n) is 10.8. The van der Waals surface area contributed by atoms with Crippen molar-refractivity contribution in [2.75, 3.05) is 5.32 Å². The smallest absolute Gasteiger partial charge is 0.109 e. The molecule has 1 unspecified atom stereocenters. The quantitative estimate of drug-likeness (QED) is 0.865. The van der Waals surface area contributed by atoms with Crippen LogP contribution >= 0.6 is 0 Å². The Hall–Kier alpha value is -1.70. The Labute approximate surface area is 108 Å². The van der Waals surface area contributed by atoms with Crippen LogP contribution < -0.4 is 5.32 Å². The van der Waals surface area contributed by atoms with Gasteiger partial charge in [-0.2, -0.15) is 0 Å². The summed E-state index contributed by atoms with van der Waals surface area (Å²) in [7, 11) is 0. The Morgan fingerprint density at radius 1 is 1.33 bits per heavy atom. The highest BCUT2D eigenvalue weighted by atomic mass is 16.3. The van der Waals surface area contributed by atoms with Crippen molar-refractivity contribution >= 4 is 5.69 Å². The lowest BCUT2D eigenvalue weighted by molar-refractivity contribution is 0.461. The van der Waals surface area contributed by atoms with Crippen molar-refractivity contribution in [1.29, 1.82) is 0 Å². The van der Waals surface area contributed by atoms with Gasteiger partial charge in [0.15, 0.2) is 0 Å². The maximum atomic E-state index is 5.53. The van der Waals surface area contributed by atoms with Gasteiger partial charge in [0.25, 0.3) is 0 Å². The minimum absolute atomic E-state index is 0.402. The van der Waals surface area contributed by atoms with Gasteiger partial charge in [0.1, 0.15) is 5.76 Å². The van der Waals surface area contributed by atoms with E-state index in [0.29, 0.717) is 6.04 Å². The number of fused-ring (bicyclic) bond motifs is 1. The maximum absolute atomic E-state index is 5.53. The Balaban J connectivity index is 1.81. The van der Waals surface area contributed by atoms with E-state index >= 15 is 0 Å². The number of hydrogen-bond acceptors (Lipinski definition) is 2. The van der Waals surface area contributed by atoms with Crippen molar-refractivity contribution < 1.29 is 4.42 Å². The molecule has 1 aromatic carbocycles. The van der Waals surface area contributed by atoms with E-state index in [9.17, 15) is 0 Å². The van der Waals surface area contributed by atoms with Gasteiger partial charge in [0, 0.05) is 17.7 Å². The number of benzene rings is 1. The van der Waals surface area contributed by atoms with E-state index in [1.54, 1.807) is 0 Å². The second-order valence-corrected chi connectivity index (χ2v) is 4.94. The molecule has 2 nitrogen and oxygen atoms in total. The van der Waals surface area contributed by atoms with E-state index < -0.39 is 0 Å². The summed E-state index contributed by atoms with van der Waals surface area (Å²) >= 11 is 0. The van der Waals surface area contributed by atoms with Gasteiger partial charge < -0.3 is 9.73 Å². The summed E-state index contributed by atoms with van der Waals surface area (Å²) in [6.45, 7) is 2.19. The highest BCUT2D eigenvalue weighted by Gasteiger charge is 2.22. The van der Waals surface area contributed by atoms with E-state index in [2.05, 4.69) is 42.6 Å². The Kier molecular flexibility index (Phi) is 3.09. The molecule has 0 amide bonds. The molecule has 2 aromatic rings. The summed E-state index contributed by atoms with van der Waals surface area (Å²) in [5, 5.41) is 3.64. The summed E-state index contributed by atoms with van der Waals surface area (Å²) < 4.78 is 5.53. The van der Waals surface area contributed by atoms with Crippen LogP contribution in [0.25, 0.3) is 0 Å². The van der Waals surface area contributed by atoms with Crippen molar-refractivity contribution in [3.8, 4) is 0 Å². The first-order valence-electron chi connectivity index (χ1n) is 6.78. The van der Waals surface area contributed by atoms with Gasteiger partial charge in [0.05, 0.1) is 12.3 Å². The Bertz CT molecular complexity index is 529. The molecule has 0 spiro atoms. The van der Waals surface area contributed by atoms with Crippen LogP contribution in [-0.2, 0) is 12.8 Å². The lowest BCUT2D eigenvalue weighted by atomic mass is 9.93. The lowest BCUT2D eigenvalue weighted by Crippen LogP contribution is -2.15. The van der Waals surface area contributed by atoms with E-state index in [-0.39, 0.29) is 0 Å². The summed E-state index contributed by atoms with van der Waals surface area (Å²) in [5.41, 5.74) is 3.93. The molecule has 94 valence electrons. The van der Waals surface area contributed by atoms with Crippen LogP contribution in [0.5, 0.6) is 0 Å². The molecule has 0 bridgehead atoms. The highest BCUT2D eigenvalue weighted by Crippen LogP contribution is 2.33. The molecular weight excluding hydrogens is 222 g/mol. The average Bonchev–Trinajstić information content (AvgIpc) is 2.88. The molecule has 1 aliphatic carbocycles. The molecule has 1 N–H and O–H groups in total. The topological polar surface area (TPSA) is 25.2 Å². The van der Waals surface area contributed by atoms with Crippen molar-refractivity contribution in [1.82, 2.24) is 0 Å². The zero-order valence-corrected chi connectivity index (χ0v) is 10.8. The molecule has 0 saturated heterocycles. The number of hydrogen-bond donors (Lipinski definition) is 1. The standard InChI is InChI=1S/C16H19NO/c1-2-12-5-3-6-13(11-12)17-15-7-4-8-16-14(15)9-10-18-16/h3,5-6,9-11,15,17H,2,4,7-8H2,1H3. The van der Waals surface area contributed by atoms with Gasteiger partial charge in [-0.05, 0) is 43.0 Å². The third-order valence-electron chi connectivity index (χ3n) is 3.73. The number of aryl methyl sites for hydroxylation is 2. The van der Waals surface area contributed by atoms with Crippen LogP contribution in [-0.4, -0.2) is 0 Å². The molecule has 0 aliphatic heterocycles. The molecule has 1 atom stereocenters. The predicted octanol–water partition coefficient (Wildman–Crippen LogP) is 4.33. The normalized spacial score (nSPS) is 18.4. The van der Waals surface area contributed by atoms with Crippen LogP contribution in [0.4, 0.5) is 5.69 Å². The molecule has 1 aromatic heterocycles. The third kappa shape index (κ3) is 2.15. The molecule has 0 saturated carbocycles. The third-order valence-corrected chi connectivity index (χ3v) is 3.73. The summed E-state index contributed by atoms with van der Waals surface area (Å²) in [6.07, 6.45) is 6.36. The van der Waals surface area contributed by atoms with Crippen LogP contribution in [0.15, 0.2) is 41.0 Å². The first-order valence-corrected chi connectivity index (χ1v) is 6.78. The van der Waals surface area contributed by atoms with E-state index in [1.807, 2.05) is 6.26 Å². The van der Waals surface area contributed by atoms with E-state index in [0.717, 1.165) is 18.6 Å². The van der Waals surface area contributed by atoms with Gasteiger partial charge in [-0.3, -0.25) is 0 Å². The predicted molar refractivity (Wildman–Crippen MR) is 73.8 cm³/mol. The molecule has 1 aliphatic rings. The monoisotopic (exact) mass is 241 g/mol. The van der Waals surface area contributed by atoms with Gasteiger partial charge in [-0.15, -0.1) is 0 Å². The largest absolute Gasteiger partial charge is 0.469 e. The minimum atomic E-state index is 0.402. The minimum Gasteiger partial charge on any atom is -0.469 e. The summed E-state index contributed by atoms with van der Waals surface area (Å²) in [6, 6.07) is 11.2. The fourth-order valence-corrected chi connectivity index (χ4v) is 2.72. The van der Waals surface area contributed by atoms with Crippen molar-refractivity contribution in [3.05, 3.63) is 53.5 Å². The maximum Gasteiger partial charge on any atom is 0.109 e. The van der Waals surface area contributed by atoms with Gasteiger partial charge >= 0.3 is 0 Å². The van der Waals surface area contributed by atoms with E-state index in [4.69, 9.17) is 4.42 Å². The van der Waals surface area contributed by atoms with Gasteiger partial charge in [-0.25, -0.2) is 0 Å². The molecule has 2 heteroatoms. The Morgan fingerprint density at radius 3 is 3.17 bits per heavy atom. The van der Waals surface area contributed by atoms with Crippen LogP contribution in [0.1, 0.15) is 42.7 Å². The van der Waals surface area contributed by atoms with E-state index in [1.165, 1.54) is 29.7 Å². The van der Waals surface area contributed by atoms with Crippen molar-refractivity contribution in [2.45, 2.75) is 38.6 Å². The molecule has 18 heavy (non-hydrogen) atoms. The highest BCUT2D eigenvalue weighted by molar-refractivity contribution is 5.48. The number of nitrogens with one attached hydrogen (secondary N) is 1. The van der Waals surface area contributed by atoms with Gasteiger partial charge in [-0.1, -0.05) is 19.1 Å². The second-order valence-electron chi connectivity index (χ2n) is 4.94. The first kappa shape index (κ1) is 11.4. The summed E-state index contributed by atoms with van der Waals surface area (Å²) in [5.74, 6) is 1.16. The number of anilines is 1. The second kappa shape index (κ2) is 4.89. The fourth-order valence-electron chi connectivity index (χ4n) is 2.72. The lowest BCUT2D eigenvalue weighted by Gasteiger charge is -2.24. The molecule has 1 heterocycles.